The molecule has 1 atom stereocenters. The van der Waals surface area contributed by atoms with Crippen molar-refractivity contribution in [2.45, 2.75) is 56.3 Å². The number of H-pyrrole nitrogens is 1. The number of carbonyl (C=O) groups is 3. The molecule has 11 nitrogen and oxygen atoms in total. The van der Waals surface area contributed by atoms with Gasteiger partial charge in [-0.1, -0.05) is 72.8 Å². The van der Waals surface area contributed by atoms with Crippen molar-refractivity contribution < 1.29 is 42.9 Å². The molecule has 1 unspecified atom stereocenters. The Kier molecular flexibility index (Phi) is 13.0. The normalized spacial score (nSPS) is 14.6. The molecule has 5 N–H and O–H groups in total. The second-order valence-electron chi connectivity index (χ2n) is 14.7. The standard InChI is InChI=1S/C44H45F3N4O7/c45-44(46,47)33-9-4-6-31(24-33)28-51(21-5-20-48-27-37(53)34-14-16-36(52)41-35(34)15-17-38(54)49-41)40(56)26-30-12-10-29(11-13-30)25-39(55)50-22-18-43(19-23-50,42(57)58)32-7-2-1-3-8-32/h1-4,6-17,24,37,48,52-53H,5,18-23,25-28H2,(H,49,54)(H,57,58). The van der Waals surface area contributed by atoms with Gasteiger partial charge in [-0.05, 0) is 77.9 Å². The lowest BCUT2D eigenvalue weighted by Crippen LogP contribution is -2.49. The lowest BCUT2D eigenvalue weighted by molar-refractivity contribution is -0.148. The Balaban J connectivity index is 1.05. The van der Waals surface area contributed by atoms with E-state index in [4.69, 9.17) is 0 Å². The van der Waals surface area contributed by atoms with Crippen molar-refractivity contribution in [1.29, 1.82) is 0 Å². The van der Waals surface area contributed by atoms with E-state index in [0.717, 1.165) is 23.3 Å². The molecule has 0 radical (unpaired) electrons. The molecule has 2 amide bonds. The number of aromatic amines is 1. The number of aliphatic carboxylic acids is 1. The van der Waals surface area contributed by atoms with Gasteiger partial charge < -0.3 is 35.4 Å². The quantitative estimate of drug-likeness (QED) is 0.0840. The fourth-order valence-electron chi connectivity index (χ4n) is 7.52. The summed E-state index contributed by atoms with van der Waals surface area (Å²) in [4.78, 5) is 56.8. The molecule has 58 heavy (non-hydrogen) atoms. The number of carboxylic acids is 1. The van der Waals surface area contributed by atoms with Gasteiger partial charge in [-0.3, -0.25) is 19.2 Å². The molecule has 14 heteroatoms. The van der Waals surface area contributed by atoms with Crippen LogP contribution in [0.2, 0.25) is 0 Å². The number of fused-ring (bicyclic) bond motifs is 1. The molecular formula is C44H45F3N4O7. The number of benzene rings is 4. The van der Waals surface area contributed by atoms with Crippen molar-refractivity contribution in [3.63, 3.8) is 0 Å². The van der Waals surface area contributed by atoms with Gasteiger partial charge in [-0.25, -0.2) is 0 Å². The van der Waals surface area contributed by atoms with Gasteiger partial charge in [0.15, 0.2) is 0 Å². The predicted molar refractivity (Wildman–Crippen MR) is 211 cm³/mol. The number of phenols is 1. The van der Waals surface area contributed by atoms with Gasteiger partial charge in [0, 0.05) is 44.2 Å². The minimum Gasteiger partial charge on any atom is -0.506 e. The number of carbonyl (C=O) groups excluding carboxylic acids is 2. The molecule has 1 aromatic heterocycles. The van der Waals surface area contributed by atoms with E-state index in [1.165, 1.54) is 35.2 Å². The number of pyridine rings is 1. The number of hydrogen-bond acceptors (Lipinski definition) is 7. The number of piperidine rings is 1. The van der Waals surface area contributed by atoms with Gasteiger partial charge in [-0.15, -0.1) is 0 Å². The molecule has 0 bridgehead atoms. The summed E-state index contributed by atoms with van der Waals surface area (Å²) in [6.07, 6.45) is -4.45. The third-order valence-electron chi connectivity index (χ3n) is 10.8. The number of carboxylic acid groups (broad SMARTS) is 1. The van der Waals surface area contributed by atoms with Crippen molar-refractivity contribution in [2.75, 3.05) is 32.7 Å². The number of nitrogens with zero attached hydrogens (tertiary/aromatic N) is 2. The third-order valence-corrected chi connectivity index (χ3v) is 10.8. The lowest BCUT2D eigenvalue weighted by Gasteiger charge is -2.39. The third kappa shape index (κ3) is 9.93. The maximum atomic E-state index is 13.7. The summed E-state index contributed by atoms with van der Waals surface area (Å²) in [5, 5.41) is 34.8. The second kappa shape index (κ2) is 18.1. The van der Waals surface area contributed by atoms with E-state index in [9.17, 15) is 47.7 Å². The summed E-state index contributed by atoms with van der Waals surface area (Å²) in [6.45, 7) is 1.24. The Morgan fingerprint density at radius 1 is 0.862 bits per heavy atom. The number of aliphatic hydroxyl groups excluding tert-OH is 1. The average Bonchev–Trinajstić information content (AvgIpc) is 3.21. The van der Waals surface area contributed by atoms with Gasteiger partial charge in [0.05, 0.1) is 35.4 Å². The Labute approximate surface area is 332 Å². The zero-order valence-electron chi connectivity index (χ0n) is 31.7. The van der Waals surface area contributed by atoms with Crippen LogP contribution >= 0.6 is 0 Å². The fourth-order valence-corrected chi connectivity index (χ4v) is 7.52. The van der Waals surface area contributed by atoms with Gasteiger partial charge in [0.25, 0.3) is 0 Å². The van der Waals surface area contributed by atoms with Gasteiger partial charge in [0.2, 0.25) is 17.4 Å². The molecule has 0 spiro atoms. The van der Waals surface area contributed by atoms with Crippen LogP contribution in [-0.2, 0) is 45.4 Å². The average molecular weight is 799 g/mol. The van der Waals surface area contributed by atoms with Crippen molar-refractivity contribution >= 4 is 28.7 Å². The summed E-state index contributed by atoms with van der Waals surface area (Å²) in [5.41, 5.74) is 0.870. The van der Waals surface area contributed by atoms with E-state index in [1.54, 1.807) is 35.2 Å². The molecule has 1 aliphatic heterocycles. The number of aromatic nitrogens is 1. The number of alkyl halides is 3. The molecule has 1 saturated heterocycles. The zero-order chi connectivity index (χ0) is 41.5. The van der Waals surface area contributed by atoms with Crippen LogP contribution in [0.5, 0.6) is 5.75 Å². The summed E-state index contributed by atoms with van der Waals surface area (Å²) in [6, 6.07) is 26.7. The highest BCUT2D eigenvalue weighted by Gasteiger charge is 2.43. The Bertz CT molecular complexity index is 2290. The van der Waals surface area contributed by atoms with E-state index in [1.807, 2.05) is 30.3 Å². The highest BCUT2D eigenvalue weighted by Crippen LogP contribution is 2.36. The van der Waals surface area contributed by atoms with Crippen LogP contribution in [0.15, 0.2) is 108 Å². The Morgan fingerprint density at radius 3 is 2.22 bits per heavy atom. The minimum absolute atomic E-state index is 0.0295. The first-order chi connectivity index (χ1) is 27.7. The summed E-state index contributed by atoms with van der Waals surface area (Å²) in [7, 11) is 0. The van der Waals surface area contributed by atoms with Crippen LogP contribution in [0.25, 0.3) is 10.9 Å². The smallest absolute Gasteiger partial charge is 0.416 e. The first-order valence-electron chi connectivity index (χ1n) is 19.1. The minimum atomic E-state index is -4.55. The molecule has 0 saturated carbocycles. The van der Waals surface area contributed by atoms with E-state index in [0.29, 0.717) is 61.0 Å². The second-order valence-corrected chi connectivity index (χ2v) is 14.7. The fraction of sp³-hybridized carbons (Fsp3) is 0.318. The van der Waals surface area contributed by atoms with Crippen LogP contribution in [0.4, 0.5) is 13.2 Å². The molecule has 4 aromatic carbocycles. The lowest BCUT2D eigenvalue weighted by atomic mass is 9.73. The molecule has 304 valence electrons. The summed E-state index contributed by atoms with van der Waals surface area (Å²) < 4.78 is 40.5. The molecule has 2 heterocycles. The van der Waals surface area contributed by atoms with Gasteiger partial charge >= 0.3 is 12.1 Å². The van der Waals surface area contributed by atoms with Crippen LogP contribution in [0.3, 0.4) is 0 Å². The highest BCUT2D eigenvalue weighted by atomic mass is 19.4. The van der Waals surface area contributed by atoms with Gasteiger partial charge in [0.1, 0.15) is 5.75 Å². The zero-order valence-corrected chi connectivity index (χ0v) is 31.7. The van der Waals surface area contributed by atoms with Crippen LogP contribution < -0.4 is 10.9 Å². The Hall–Kier alpha value is -5.99. The van der Waals surface area contributed by atoms with E-state index in [2.05, 4.69) is 10.3 Å². The van der Waals surface area contributed by atoms with E-state index < -0.39 is 34.8 Å². The van der Waals surface area contributed by atoms with Crippen molar-refractivity contribution in [3.8, 4) is 5.75 Å². The number of aliphatic hydroxyl groups is 1. The maximum absolute atomic E-state index is 13.7. The van der Waals surface area contributed by atoms with Gasteiger partial charge in [-0.2, -0.15) is 13.2 Å². The predicted octanol–water partition coefficient (Wildman–Crippen LogP) is 5.72. The molecule has 1 aliphatic rings. The summed E-state index contributed by atoms with van der Waals surface area (Å²) in [5.74, 6) is -1.47. The number of rotatable bonds is 15. The Morgan fingerprint density at radius 2 is 1.55 bits per heavy atom. The molecule has 1 fully saturated rings. The van der Waals surface area contributed by atoms with Crippen molar-refractivity contribution in [3.05, 3.63) is 147 Å². The van der Waals surface area contributed by atoms with Crippen LogP contribution in [-0.4, -0.2) is 80.6 Å². The number of likely N-dealkylation sites (tertiary alicyclic amines) is 1. The number of nitrogens with one attached hydrogen (secondary N) is 2. The maximum Gasteiger partial charge on any atom is 0.416 e. The highest BCUT2D eigenvalue weighted by molar-refractivity contribution is 5.87. The number of phenolic OH excluding ortho intramolecular Hbond substituents is 1. The SMILES string of the molecule is O=C(Cc1ccc(CC(=O)N(CCCNCC(O)c2ccc(O)c3[nH]c(=O)ccc23)Cc2cccc(C(F)(F)F)c2)cc1)N1CCC(C(=O)O)(c2ccccc2)CC1. The number of halogens is 3. The number of hydrogen-bond donors (Lipinski definition) is 5. The topological polar surface area (TPSA) is 163 Å². The van der Waals surface area contributed by atoms with Crippen LogP contribution in [0.1, 0.15) is 58.7 Å². The van der Waals surface area contributed by atoms with E-state index in [-0.39, 0.29) is 55.6 Å². The molecule has 5 aromatic rings. The first-order valence-corrected chi connectivity index (χ1v) is 19.1. The monoisotopic (exact) mass is 798 g/mol. The number of amides is 2. The molecular weight excluding hydrogens is 753 g/mol. The van der Waals surface area contributed by atoms with Crippen molar-refractivity contribution in [1.82, 2.24) is 20.1 Å². The van der Waals surface area contributed by atoms with Crippen molar-refractivity contribution in [2.24, 2.45) is 0 Å². The molecule has 6 rings (SSSR count). The largest absolute Gasteiger partial charge is 0.506 e. The molecule has 0 aliphatic carbocycles. The van der Waals surface area contributed by atoms with Crippen LogP contribution in [0, 0.1) is 0 Å². The number of aromatic hydroxyl groups is 1. The summed E-state index contributed by atoms with van der Waals surface area (Å²) >= 11 is 0. The first kappa shape index (κ1) is 41.6. The van der Waals surface area contributed by atoms with E-state index >= 15 is 0 Å².